The zero-order valence-electron chi connectivity index (χ0n) is 51.9. The summed E-state index contributed by atoms with van der Waals surface area (Å²) in [4.78, 5) is 10.0. The molecule has 0 saturated heterocycles. The van der Waals surface area contributed by atoms with Gasteiger partial charge in [0.15, 0.2) is 0 Å². The molecule has 0 aliphatic heterocycles. The SMILES string of the molecule is CCC#CC(=Nc1cccc(C=CCCCCCCCCCCCCCCCCCCCCCCCCCC)c1)C(C)=Nc1cccc(C=CCCCCCCCCCCCCCCCCCCCCCCCCCC)c1. The number of unbranched alkanes of at least 4 members (excludes halogenated alkanes) is 48. The molecule has 0 bridgehead atoms. The van der Waals surface area contributed by atoms with Crippen molar-refractivity contribution in [2.75, 3.05) is 0 Å². The normalized spacial score (nSPS) is 12.2. The summed E-state index contributed by atoms with van der Waals surface area (Å²) in [6.07, 6.45) is 81.2. The van der Waals surface area contributed by atoms with Crippen LogP contribution in [0, 0.1) is 11.8 Å². The van der Waals surface area contributed by atoms with E-state index in [4.69, 9.17) is 9.98 Å². The van der Waals surface area contributed by atoms with E-state index in [2.05, 4.69) is 105 Å². The van der Waals surface area contributed by atoms with Gasteiger partial charge >= 0.3 is 0 Å². The van der Waals surface area contributed by atoms with Gasteiger partial charge in [-0.15, -0.1) is 0 Å². The van der Waals surface area contributed by atoms with Crippen LogP contribution in [0.4, 0.5) is 11.4 Å². The largest absolute Gasteiger partial charge is 0.251 e. The van der Waals surface area contributed by atoms with Gasteiger partial charge in [0.05, 0.1) is 17.1 Å². The molecule has 0 heterocycles. The highest BCUT2D eigenvalue weighted by atomic mass is 14.8. The third-order valence-electron chi connectivity index (χ3n) is 16.1. The van der Waals surface area contributed by atoms with Gasteiger partial charge in [-0.05, 0) is 73.9 Å². The predicted octanol–water partition coefficient (Wildman–Crippen LogP) is 26.5. The summed E-state index contributed by atoms with van der Waals surface area (Å²) >= 11 is 0. The van der Waals surface area contributed by atoms with Crippen LogP contribution in [-0.2, 0) is 0 Å². The lowest BCUT2D eigenvalue weighted by Crippen LogP contribution is -2.07. The van der Waals surface area contributed by atoms with Crippen LogP contribution in [0.5, 0.6) is 0 Å². The molecule has 0 atom stereocenters. The molecule has 0 N–H and O–H groups in total. The van der Waals surface area contributed by atoms with Crippen molar-refractivity contribution in [2.24, 2.45) is 9.98 Å². The van der Waals surface area contributed by atoms with Crippen molar-refractivity contribution in [1.82, 2.24) is 0 Å². The summed E-state index contributed by atoms with van der Waals surface area (Å²) in [5.41, 5.74) is 5.86. The van der Waals surface area contributed by atoms with E-state index >= 15 is 0 Å². The van der Waals surface area contributed by atoms with Crippen LogP contribution >= 0.6 is 0 Å². The van der Waals surface area contributed by atoms with E-state index in [0.29, 0.717) is 0 Å². The zero-order valence-corrected chi connectivity index (χ0v) is 51.9. The Morgan fingerprint density at radius 2 is 0.597 bits per heavy atom. The van der Waals surface area contributed by atoms with Gasteiger partial charge in [0.2, 0.25) is 0 Å². The van der Waals surface area contributed by atoms with Gasteiger partial charge in [0, 0.05) is 6.42 Å². The van der Waals surface area contributed by atoms with Gasteiger partial charge in [-0.1, -0.05) is 371 Å². The topological polar surface area (TPSA) is 24.7 Å². The molecule has 2 aromatic carbocycles. The van der Waals surface area contributed by atoms with Gasteiger partial charge in [-0.25, -0.2) is 4.99 Å². The predicted molar refractivity (Wildman–Crippen MR) is 351 cm³/mol. The molecule has 2 heteroatoms. The highest BCUT2D eigenvalue weighted by Gasteiger charge is 2.05. The maximum atomic E-state index is 5.03. The van der Waals surface area contributed by atoms with Crippen LogP contribution in [0.15, 0.2) is 70.7 Å². The summed E-state index contributed by atoms with van der Waals surface area (Å²) < 4.78 is 0. The van der Waals surface area contributed by atoms with E-state index in [-0.39, 0.29) is 0 Å². The molecule has 436 valence electrons. The second-order valence-corrected chi connectivity index (χ2v) is 23.6. The standard InChI is InChI=1S/C75H126N2/c1-5-8-11-13-15-17-19-21-23-25-27-29-31-33-35-37-39-41-43-45-47-49-51-53-55-57-61-71-63-59-65-73(68-71)76-70(4)75(67-10-7-3)77-74-66-60-64-72(69-74)62-58-56-54-52-50-48-46-44-42-40-38-36-34-32-30-28-26-24-22-20-18-16-14-12-9-6-2/h57-66,68-69H,5-9,11-56H2,1-4H3. The maximum absolute atomic E-state index is 5.03. The number of benzene rings is 2. The first kappa shape index (κ1) is 69.9. The smallest absolute Gasteiger partial charge is 0.135 e. The molecule has 2 nitrogen and oxygen atoms in total. The highest BCUT2D eigenvalue weighted by Crippen LogP contribution is 2.22. The van der Waals surface area contributed by atoms with Gasteiger partial charge in [-0.3, -0.25) is 4.99 Å². The molecule has 0 aliphatic rings. The summed E-state index contributed by atoms with van der Waals surface area (Å²) in [6, 6.07) is 17.1. The minimum atomic E-state index is 0.740. The second kappa shape index (κ2) is 56.1. The minimum absolute atomic E-state index is 0.740. The Kier molecular flexibility index (Phi) is 51.0. The van der Waals surface area contributed by atoms with E-state index in [0.717, 1.165) is 42.1 Å². The van der Waals surface area contributed by atoms with Crippen LogP contribution in [0.25, 0.3) is 12.2 Å². The quantitative estimate of drug-likeness (QED) is 0.0358. The van der Waals surface area contributed by atoms with Crippen molar-refractivity contribution < 1.29 is 0 Å². The summed E-state index contributed by atoms with van der Waals surface area (Å²) in [5, 5.41) is 0. The zero-order chi connectivity index (χ0) is 54.8. The molecular weight excluding hydrogens is 929 g/mol. The molecular formula is C75H126N2. The van der Waals surface area contributed by atoms with Crippen molar-refractivity contribution in [3.8, 4) is 11.8 Å². The number of allylic oxidation sites excluding steroid dienone is 2. The van der Waals surface area contributed by atoms with Crippen LogP contribution in [-0.4, -0.2) is 11.4 Å². The van der Waals surface area contributed by atoms with Gasteiger partial charge in [0.25, 0.3) is 0 Å². The van der Waals surface area contributed by atoms with Crippen molar-refractivity contribution in [1.29, 1.82) is 0 Å². The molecule has 0 fully saturated rings. The van der Waals surface area contributed by atoms with Crippen LogP contribution in [0.3, 0.4) is 0 Å². The second-order valence-electron chi connectivity index (χ2n) is 23.6. The first-order valence-electron chi connectivity index (χ1n) is 34.3. The number of nitrogens with zero attached hydrogens (tertiary/aromatic N) is 2. The van der Waals surface area contributed by atoms with Gasteiger partial charge < -0.3 is 0 Å². The number of aliphatic imine (C=N–C) groups is 2. The number of rotatable bonds is 55. The lowest BCUT2D eigenvalue weighted by atomic mass is 10.0. The molecule has 0 aromatic heterocycles. The van der Waals surface area contributed by atoms with E-state index in [1.165, 1.54) is 319 Å². The minimum Gasteiger partial charge on any atom is -0.251 e. The fraction of sp³-hybridized carbons (Fsp3) is 0.733. The molecule has 0 radical (unpaired) electrons. The van der Waals surface area contributed by atoms with E-state index in [9.17, 15) is 0 Å². The van der Waals surface area contributed by atoms with E-state index in [1.807, 2.05) is 6.92 Å². The molecule has 0 saturated carbocycles. The van der Waals surface area contributed by atoms with Crippen LogP contribution in [0.2, 0.25) is 0 Å². The average Bonchev–Trinajstić information content (AvgIpc) is 3.44. The molecule has 2 rings (SSSR count). The highest BCUT2D eigenvalue weighted by molar-refractivity contribution is 6.48. The van der Waals surface area contributed by atoms with Crippen molar-refractivity contribution >= 4 is 35.0 Å². The maximum Gasteiger partial charge on any atom is 0.135 e. The Bertz CT molecular complexity index is 1760. The Hall–Kier alpha value is -3.18. The molecule has 0 aliphatic carbocycles. The third kappa shape index (κ3) is 46.3. The lowest BCUT2D eigenvalue weighted by molar-refractivity contribution is 0.517. The fourth-order valence-electron chi connectivity index (χ4n) is 11.0. The van der Waals surface area contributed by atoms with Crippen LogP contribution in [0.1, 0.15) is 366 Å². The Labute approximate surface area is 481 Å². The number of hydrogen-bond donors (Lipinski definition) is 0. The Balaban J connectivity index is 1.51. The number of hydrogen-bond acceptors (Lipinski definition) is 2. The summed E-state index contributed by atoms with van der Waals surface area (Å²) in [5.74, 6) is 6.57. The lowest BCUT2D eigenvalue weighted by Gasteiger charge is -2.04. The molecule has 2 aromatic rings. The monoisotopic (exact) mass is 1050 g/mol. The van der Waals surface area contributed by atoms with Crippen molar-refractivity contribution in [2.45, 2.75) is 355 Å². The van der Waals surface area contributed by atoms with E-state index < -0.39 is 0 Å². The fourth-order valence-corrected chi connectivity index (χ4v) is 11.0. The Morgan fingerprint density at radius 3 is 0.870 bits per heavy atom. The molecule has 0 unspecified atom stereocenters. The van der Waals surface area contributed by atoms with E-state index in [1.54, 1.807) is 0 Å². The first-order valence-corrected chi connectivity index (χ1v) is 34.3. The third-order valence-corrected chi connectivity index (χ3v) is 16.1. The van der Waals surface area contributed by atoms with Gasteiger partial charge in [0.1, 0.15) is 5.71 Å². The summed E-state index contributed by atoms with van der Waals surface area (Å²) in [7, 11) is 0. The van der Waals surface area contributed by atoms with Crippen LogP contribution < -0.4 is 0 Å². The molecule has 77 heavy (non-hydrogen) atoms. The Morgan fingerprint density at radius 1 is 0.338 bits per heavy atom. The molecule has 0 spiro atoms. The van der Waals surface area contributed by atoms with Crippen molar-refractivity contribution in [3.05, 3.63) is 71.8 Å². The molecule has 0 amide bonds. The summed E-state index contributed by atoms with van der Waals surface area (Å²) in [6.45, 7) is 8.75. The van der Waals surface area contributed by atoms with Crippen molar-refractivity contribution in [3.63, 3.8) is 0 Å². The average molecular weight is 1060 g/mol. The van der Waals surface area contributed by atoms with Gasteiger partial charge in [-0.2, -0.15) is 0 Å². The first-order chi connectivity index (χ1) is 38.2.